The van der Waals surface area contributed by atoms with E-state index in [0.29, 0.717) is 10.7 Å². The average molecular weight is 668 g/mol. The van der Waals surface area contributed by atoms with E-state index in [9.17, 15) is 37.8 Å². The van der Waals surface area contributed by atoms with Gasteiger partial charge in [-0.15, -0.1) is 16.9 Å². The summed E-state index contributed by atoms with van der Waals surface area (Å²) in [5, 5.41) is 36.0. The zero-order valence-corrected chi connectivity index (χ0v) is 25.0. The molecule has 3 N–H and O–H groups in total. The fourth-order valence-corrected chi connectivity index (χ4v) is 7.72. The first kappa shape index (κ1) is 31.0. The van der Waals surface area contributed by atoms with Crippen molar-refractivity contribution >= 4 is 57.4 Å². The van der Waals surface area contributed by atoms with E-state index in [1.165, 1.54) is 40.7 Å². The molecule has 5 rings (SSSR count). The Labute approximate surface area is 255 Å². The molecule has 2 atom stereocenters. The van der Waals surface area contributed by atoms with Gasteiger partial charge in [0.2, 0.25) is 11.1 Å². The summed E-state index contributed by atoms with van der Waals surface area (Å²) < 4.78 is 41.8. The number of benzene rings is 1. The minimum absolute atomic E-state index is 0.164. The number of amides is 2. The quantitative estimate of drug-likeness (QED) is 0.0972. The molecule has 0 bridgehead atoms. The van der Waals surface area contributed by atoms with Crippen molar-refractivity contribution in [3.8, 4) is 5.88 Å². The Hall–Kier alpha value is -4.47. The molecule has 4 heterocycles. The van der Waals surface area contributed by atoms with Crippen LogP contribution in [0.15, 0.2) is 56.2 Å². The molecule has 44 heavy (non-hydrogen) atoms. The number of aromatic carboxylic acids is 1. The predicted molar refractivity (Wildman–Crippen MR) is 147 cm³/mol. The zero-order valence-electron chi connectivity index (χ0n) is 22.6. The molecule has 0 saturated carbocycles. The molecule has 1 aromatic carbocycles. The molecule has 0 spiro atoms. The largest absolute Gasteiger partial charge is 0.477 e. The van der Waals surface area contributed by atoms with E-state index in [0.717, 1.165) is 23.8 Å². The highest BCUT2D eigenvalue weighted by Gasteiger charge is 2.66. The van der Waals surface area contributed by atoms with Crippen molar-refractivity contribution in [2.45, 2.75) is 27.6 Å². The van der Waals surface area contributed by atoms with Crippen LogP contribution in [0, 0.1) is 0 Å². The van der Waals surface area contributed by atoms with E-state index < -0.39 is 68.6 Å². The van der Waals surface area contributed by atoms with Crippen LogP contribution in [-0.2, 0) is 42.7 Å². The van der Waals surface area contributed by atoms with E-state index in [2.05, 4.69) is 26.0 Å². The fraction of sp³-hybridized carbons (Fsp3) is 0.304. The molecular formula is C23H21N7O11S3. The van der Waals surface area contributed by atoms with Gasteiger partial charge in [0.05, 0.1) is 6.42 Å². The molecule has 2 aliphatic heterocycles. The van der Waals surface area contributed by atoms with Crippen molar-refractivity contribution in [3.63, 3.8) is 0 Å². The monoisotopic (exact) mass is 667 g/mol. The fourth-order valence-electron chi connectivity index (χ4n) is 4.38. The van der Waals surface area contributed by atoms with E-state index in [-0.39, 0.29) is 22.1 Å². The van der Waals surface area contributed by atoms with E-state index in [4.69, 9.17) is 13.4 Å². The summed E-state index contributed by atoms with van der Waals surface area (Å²) in [5.41, 5.74) is -2.67. The predicted octanol–water partition coefficient (Wildman–Crippen LogP) is -0.288. The molecule has 21 heteroatoms. The summed E-state index contributed by atoms with van der Waals surface area (Å²) in [6, 6.07) is 6.87. The number of carbonyl (C=O) groups is 4. The van der Waals surface area contributed by atoms with Crippen LogP contribution in [0.4, 0.5) is 0 Å². The van der Waals surface area contributed by atoms with Gasteiger partial charge in [-0.05, 0) is 33.3 Å². The maximum absolute atomic E-state index is 13.4. The molecule has 3 aromatic rings. The Morgan fingerprint density at radius 1 is 1.23 bits per heavy atom. The second kappa shape index (κ2) is 11.9. The Balaban J connectivity index is 1.33. The van der Waals surface area contributed by atoms with Crippen LogP contribution in [0.1, 0.15) is 16.1 Å². The number of fused-ring (bicyclic) bond motifs is 1. The average Bonchev–Trinajstić information content (AvgIpc) is 3.58. The lowest BCUT2D eigenvalue weighted by atomic mass is 9.98. The lowest BCUT2D eigenvalue weighted by Crippen LogP contribution is -2.80. The summed E-state index contributed by atoms with van der Waals surface area (Å²) in [6.45, 7) is 0. The van der Waals surface area contributed by atoms with Gasteiger partial charge in [-0.3, -0.25) is 14.5 Å². The van der Waals surface area contributed by atoms with Crippen molar-refractivity contribution < 1.29 is 51.3 Å². The van der Waals surface area contributed by atoms with Crippen molar-refractivity contribution in [3.05, 3.63) is 52.9 Å². The molecule has 2 aromatic heterocycles. The number of carboxylic acid groups (broad SMARTS) is 2. The van der Waals surface area contributed by atoms with Gasteiger partial charge < -0.3 is 29.0 Å². The van der Waals surface area contributed by atoms with Gasteiger partial charge in [0, 0.05) is 25.7 Å². The molecule has 2 aliphatic rings. The molecule has 232 valence electrons. The molecule has 0 unspecified atom stereocenters. The molecule has 1 fully saturated rings. The summed E-state index contributed by atoms with van der Waals surface area (Å²) in [6.07, 6.45) is -0.811. The topological polar surface area (TPSA) is 246 Å². The second-order valence-corrected chi connectivity index (χ2v) is 12.6. The number of rotatable bonds is 12. The number of methoxy groups -OCH3 is 1. The first-order chi connectivity index (χ1) is 20.9. The van der Waals surface area contributed by atoms with Crippen LogP contribution < -0.4 is 9.50 Å². The molecule has 1 saturated heterocycles. The first-order valence-electron chi connectivity index (χ1n) is 12.2. The molecule has 0 aliphatic carbocycles. The van der Waals surface area contributed by atoms with Gasteiger partial charge in [-0.1, -0.05) is 30.0 Å². The number of aryl methyl sites for hydroxylation is 1. The second-order valence-electron chi connectivity index (χ2n) is 9.08. The van der Waals surface area contributed by atoms with Crippen LogP contribution in [0.2, 0.25) is 0 Å². The summed E-state index contributed by atoms with van der Waals surface area (Å²) >= 11 is 2.32. The molecule has 0 radical (unpaired) electrons. The minimum atomic E-state index is -4.49. The third-order valence-corrected chi connectivity index (χ3v) is 10.1. The van der Waals surface area contributed by atoms with Crippen molar-refractivity contribution in [2.75, 3.05) is 18.6 Å². The number of nitrogens with zero attached hydrogens (tertiary/aromatic N) is 6. The van der Waals surface area contributed by atoms with Crippen molar-refractivity contribution in [1.82, 2.24) is 35.6 Å². The maximum Gasteiger partial charge on any atom is 0.352 e. The maximum atomic E-state index is 13.4. The van der Waals surface area contributed by atoms with E-state index in [1.54, 1.807) is 13.1 Å². The number of tetrazole rings is 1. The highest BCUT2D eigenvalue weighted by atomic mass is 32.2. The number of thioether (sulfide) groups is 2. The summed E-state index contributed by atoms with van der Waals surface area (Å²) in [4.78, 5) is 51.3. The highest BCUT2D eigenvalue weighted by Crippen LogP contribution is 2.47. The highest BCUT2D eigenvalue weighted by molar-refractivity contribution is 8.01. The number of hydrogen-bond acceptors (Lipinski definition) is 15. The molecule has 18 nitrogen and oxygen atoms in total. The zero-order chi connectivity index (χ0) is 31.8. The number of hydrogen-bond donors (Lipinski definition) is 3. The van der Waals surface area contributed by atoms with Crippen LogP contribution in [0.5, 0.6) is 5.88 Å². The van der Waals surface area contributed by atoms with Crippen LogP contribution in [0.3, 0.4) is 0 Å². The third-order valence-electron chi connectivity index (χ3n) is 6.40. The number of carboxylic acids is 2. The van der Waals surface area contributed by atoms with Gasteiger partial charge in [0.25, 0.3) is 17.5 Å². The SMILES string of the molecule is CO[C@@]1(NC(=O)Cc2onc(OS(=O)(=O)c3ccccc3)c2C(=O)O)C(=O)N2C(C(=O)O)=C(CSc3nnnn3C)CS[C@H]21. The summed E-state index contributed by atoms with van der Waals surface area (Å²) in [5.74, 6) is -6.04. The lowest BCUT2D eigenvalue weighted by molar-refractivity contribution is -0.192. The van der Waals surface area contributed by atoms with Gasteiger partial charge in [-0.25, -0.2) is 14.3 Å². The number of aromatic nitrogens is 5. The third kappa shape index (κ3) is 5.49. The van der Waals surface area contributed by atoms with Crippen LogP contribution in [0.25, 0.3) is 0 Å². The van der Waals surface area contributed by atoms with Crippen LogP contribution >= 0.6 is 23.5 Å². The van der Waals surface area contributed by atoms with Crippen LogP contribution in [-0.4, -0.2) is 102 Å². The van der Waals surface area contributed by atoms with Gasteiger partial charge in [0.15, 0.2) is 11.3 Å². The van der Waals surface area contributed by atoms with Gasteiger partial charge >= 0.3 is 22.1 Å². The number of β-lactam (4-membered cyclic amide) rings is 1. The Bertz CT molecular complexity index is 1790. The van der Waals surface area contributed by atoms with E-state index >= 15 is 0 Å². The standard InChI is InChI=1S/C23H21N7O11S3/c1-29-22(25-27-28-29)43-10-11-9-42-21-23(39-2,20(36)30(21)16(11)19(34)35)24-14(31)8-13-15(18(32)33)17(26-40-13)41-44(37,38)12-6-4-3-5-7-12/h3-7,21H,8-10H2,1-2H3,(H,24,31)(H,32,33)(H,34,35)/t21-,23-/m0/s1. The van der Waals surface area contributed by atoms with Gasteiger partial charge in [0.1, 0.15) is 16.0 Å². The van der Waals surface area contributed by atoms with E-state index in [1.807, 2.05) is 0 Å². The number of carbonyl (C=O) groups excluding carboxylic acids is 2. The Kier molecular flexibility index (Phi) is 8.38. The number of nitrogens with one attached hydrogen (secondary N) is 1. The van der Waals surface area contributed by atoms with Crippen molar-refractivity contribution in [1.29, 1.82) is 0 Å². The normalized spacial score (nSPS) is 19.7. The Morgan fingerprint density at radius 2 is 1.95 bits per heavy atom. The molecule has 2 amide bonds. The van der Waals surface area contributed by atoms with Crippen molar-refractivity contribution in [2.24, 2.45) is 7.05 Å². The number of aliphatic carboxylic acids is 1. The summed E-state index contributed by atoms with van der Waals surface area (Å²) in [7, 11) is -1.73. The Morgan fingerprint density at radius 3 is 2.57 bits per heavy atom. The lowest BCUT2D eigenvalue weighted by Gasteiger charge is -2.55. The smallest absolute Gasteiger partial charge is 0.352 e. The van der Waals surface area contributed by atoms with Gasteiger partial charge in [-0.2, -0.15) is 8.42 Å². The minimum Gasteiger partial charge on any atom is -0.477 e. The molecular weight excluding hydrogens is 646 g/mol. The first-order valence-corrected chi connectivity index (χ1v) is 15.7. The number of ether oxygens (including phenoxy) is 1.